The van der Waals surface area contributed by atoms with Gasteiger partial charge < -0.3 is 4.90 Å². The first kappa shape index (κ1) is 14.0. The van der Waals surface area contributed by atoms with Crippen LogP contribution in [-0.2, 0) is 0 Å². The fourth-order valence-electron chi connectivity index (χ4n) is 1.17. The van der Waals surface area contributed by atoms with Crippen LogP contribution >= 0.6 is 11.6 Å². The van der Waals surface area contributed by atoms with E-state index in [0.29, 0.717) is 11.1 Å². The highest BCUT2D eigenvalue weighted by atomic mass is 35.5. The molecule has 0 N–H and O–H groups in total. The molecule has 0 radical (unpaired) electrons. The average Bonchev–Trinajstić information content (AvgIpc) is 2.22. The van der Waals surface area contributed by atoms with Crippen LogP contribution in [0.15, 0.2) is 41.4 Å². The van der Waals surface area contributed by atoms with Gasteiger partial charge in [-0.05, 0) is 19.9 Å². The molecule has 3 heteroatoms. The molecule has 0 aliphatic carbocycles. The van der Waals surface area contributed by atoms with Crippen LogP contribution in [-0.4, -0.2) is 30.4 Å². The molecule has 2 nitrogen and oxygen atoms in total. The number of rotatable bonds is 5. The summed E-state index contributed by atoms with van der Waals surface area (Å²) in [6.07, 6.45) is 5.25. The zero-order chi connectivity index (χ0) is 11.8. The molecule has 0 aromatic rings. The van der Waals surface area contributed by atoms with Gasteiger partial charge in [0.15, 0.2) is 0 Å². The fraction of sp³-hybridized carbons (Fsp3) is 0.417. The third-order valence-electron chi connectivity index (χ3n) is 1.93. The van der Waals surface area contributed by atoms with E-state index in [1.807, 2.05) is 6.08 Å². The molecule has 0 bridgehead atoms. The van der Waals surface area contributed by atoms with E-state index in [0.717, 1.165) is 12.4 Å². The third-order valence-corrected chi connectivity index (χ3v) is 2.20. The maximum absolute atomic E-state index is 5.90. The third kappa shape index (κ3) is 4.84. The summed E-state index contributed by atoms with van der Waals surface area (Å²) < 4.78 is 0. The van der Waals surface area contributed by atoms with E-state index in [4.69, 9.17) is 11.6 Å². The van der Waals surface area contributed by atoms with E-state index >= 15 is 0 Å². The van der Waals surface area contributed by atoms with Crippen molar-refractivity contribution in [1.29, 1.82) is 0 Å². The second kappa shape index (κ2) is 7.30. The number of hydrogen-bond donors (Lipinski definition) is 0. The Morgan fingerprint density at radius 3 is 2.40 bits per heavy atom. The highest BCUT2D eigenvalue weighted by Gasteiger charge is 2.10. The highest BCUT2D eigenvalue weighted by molar-refractivity contribution is 6.32. The van der Waals surface area contributed by atoms with Crippen molar-refractivity contribution in [2.75, 3.05) is 13.6 Å². The first-order valence-electron chi connectivity index (χ1n) is 4.90. The van der Waals surface area contributed by atoms with Crippen LogP contribution in [0.25, 0.3) is 0 Å². The number of allylic oxidation sites excluding steroid dienone is 2. The molecule has 0 amide bonds. The van der Waals surface area contributed by atoms with E-state index in [1.54, 1.807) is 19.2 Å². The lowest BCUT2D eigenvalue weighted by molar-refractivity contribution is 0.384. The highest BCUT2D eigenvalue weighted by Crippen LogP contribution is 2.07. The van der Waals surface area contributed by atoms with Crippen LogP contribution in [0.2, 0.25) is 0 Å². The summed E-state index contributed by atoms with van der Waals surface area (Å²) in [5, 5.41) is 0.588. The van der Waals surface area contributed by atoms with Crippen LogP contribution in [0.4, 0.5) is 0 Å². The largest absolute Gasteiger partial charge is 0.351 e. The Morgan fingerprint density at radius 1 is 1.47 bits per heavy atom. The maximum Gasteiger partial charge on any atom is 0.125 e. The summed E-state index contributed by atoms with van der Waals surface area (Å²) in [5.74, 6) is 0.842. The van der Waals surface area contributed by atoms with Crippen molar-refractivity contribution in [1.82, 2.24) is 4.90 Å². The van der Waals surface area contributed by atoms with E-state index in [2.05, 4.69) is 36.9 Å². The second-order valence-corrected chi connectivity index (χ2v) is 3.79. The molecule has 0 unspecified atom stereocenters. The molecule has 0 aromatic carbocycles. The Kier molecular flexibility index (Phi) is 6.80. The first-order valence-corrected chi connectivity index (χ1v) is 5.28. The Morgan fingerprint density at radius 2 is 2.07 bits per heavy atom. The molecule has 0 aliphatic rings. The van der Waals surface area contributed by atoms with Gasteiger partial charge in [0.05, 0.1) is 0 Å². The van der Waals surface area contributed by atoms with Crippen LogP contribution in [0.5, 0.6) is 0 Å². The molecule has 0 spiro atoms. The molecule has 0 rings (SSSR count). The second-order valence-electron chi connectivity index (χ2n) is 3.35. The Labute approximate surface area is 97.6 Å². The molecule has 15 heavy (non-hydrogen) atoms. The zero-order valence-electron chi connectivity index (χ0n) is 9.70. The van der Waals surface area contributed by atoms with Crippen molar-refractivity contribution >= 4 is 17.4 Å². The van der Waals surface area contributed by atoms with E-state index in [-0.39, 0.29) is 0 Å². The average molecular weight is 227 g/mol. The lowest BCUT2D eigenvalue weighted by Crippen LogP contribution is -2.36. The van der Waals surface area contributed by atoms with E-state index in [1.165, 1.54) is 0 Å². The summed E-state index contributed by atoms with van der Waals surface area (Å²) in [5.41, 5.74) is 0. The number of halogens is 1. The minimum atomic E-state index is 0.354. The number of amidine groups is 1. The summed E-state index contributed by atoms with van der Waals surface area (Å²) in [7, 11) is 1.75. The monoisotopic (exact) mass is 226 g/mol. The van der Waals surface area contributed by atoms with E-state index < -0.39 is 0 Å². The van der Waals surface area contributed by atoms with Gasteiger partial charge in [-0.3, -0.25) is 4.99 Å². The van der Waals surface area contributed by atoms with Crippen molar-refractivity contribution < 1.29 is 0 Å². The summed E-state index contributed by atoms with van der Waals surface area (Å²) in [6, 6.07) is 0.354. The topological polar surface area (TPSA) is 15.6 Å². The SMILES string of the molecule is C=CCN(C(C=C(Cl)C=C)=NC)C(C)C. The van der Waals surface area contributed by atoms with Gasteiger partial charge in [-0.15, -0.1) is 6.58 Å². The van der Waals surface area contributed by atoms with Crippen molar-refractivity contribution in [2.24, 2.45) is 4.99 Å². The molecule has 84 valence electrons. The fourth-order valence-corrected chi connectivity index (χ4v) is 1.26. The van der Waals surface area contributed by atoms with E-state index in [9.17, 15) is 0 Å². The summed E-state index contributed by atoms with van der Waals surface area (Å²) >= 11 is 5.90. The van der Waals surface area contributed by atoms with Gasteiger partial charge in [0.25, 0.3) is 0 Å². The molecule has 0 fully saturated rings. The minimum Gasteiger partial charge on any atom is -0.351 e. The zero-order valence-corrected chi connectivity index (χ0v) is 10.5. The summed E-state index contributed by atoms with van der Waals surface area (Å²) in [6.45, 7) is 12.3. The van der Waals surface area contributed by atoms with Gasteiger partial charge in [0, 0.05) is 24.7 Å². The molecule has 0 saturated heterocycles. The Bertz CT molecular complexity index is 277. The Balaban J connectivity index is 4.91. The standard InChI is InChI=1S/C12H19ClN2/c1-6-8-15(10(3)4)12(14-5)9-11(13)7-2/h6-7,9-10H,1-2,8H2,3-5H3. The summed E-state index contributed by atoms with van der Waals surface area (Å²) in [4.78, 5) is 6.31. The number of aliphatic imine (C=N–C) groups is 1. The quantitative estimate of drug-likeness (QED) is 0.304. The van der Waals surface area contributed by atoms with Crippen molar-refractivity contribution in [3.63, 3.8) is 0 Å². The van der Waals surface area contributed by atoms with Gasteiger partial charge in [0.2, 0.25) is 0 Å². The van der Waals surface area contributed by atoms with Gasteiger partial charge in [0.1, 0.15) is 5.84 Å². The minimum absolute atomic E-state index is 0.354. The molecule has 0 aliphatic heterocycles. The van der Waals surface area contributed by atoms with Crippen molar-refractivity contribution in [2.45, 2.75) is 19.9 Å². The van der Waals surface area contributed by atoms with Crippen molar-refractivity contribution in [3.8, 4) is 0 Å². The lowest BCUT2D eigenvalue weighted by Gasteiger charge is -2.27. The maximum atomic E-state index is 5.90. The van der Waals surface area contributed by atoms with Gasteiger partial charge in [-0.25, -0.2) is 0 Å². The number of hydrogen-bond acceptors (Lipinski definition) is 1. The van der Waals surface area contributed by atoms with Crippen LogP contribution in [0, 0.1) is 0 Å². The predicted molar refractivity (Wildman–Crippen MR) is 69.5 cm³/mol. The molecule has 0 aromatic heterocycles. The van der Waals surface area contributed by atoms with Crippen LogP contribution < -0.4 is 0 Å². The molecule has 0 atom stereocenters. The molecule has 0 heterocycles. The smallest absolute Gasteiger partial charge is 0.125 e. The first-order chi connectivity index (χ1) is 7.06. The van der Waals surface area contributed by atoms with Gasteiger partial charge in [-0.1, -0.05) is 30.3 Å². The molecular formula is C12H19ClN2. The normalized spacial score (nSPS) is 12.9. The molecular weight excluding hydrogens is 208 g/mol. The lowest BCUT2D eigenvalue weighted by atomic mass is 10.3. The number of nitrogens with zero attached hydrogens (tertiary/aromatic N) is 2. The van der Waals surface area contributed by atoms with Crippen molar-refractivity contribution in [3.05, 3.63) is 36.4 Å². The molecule has 0 saturated carbocycles. The van der Waals surface area contributed by atoms with Gasteiger partial charge >= 0.3 is 0 Å². The van der Waals surface area contributed by atoms with Gasteiger partial charge in [-0.2, -0.15) is 0 Å². The van der Waals surface area contributed by atoms with Crippen LogP contribution in [0.1, 0.15) is 13.8 Å². The predicted octanol–water partition coefficient (Wildman–Crippen LogP) is 3.22. The Hall–Kier alpha value is -1.02. The van der Waals surface area contributed by atoms with Crippen LogP contribution in [0.3, 0.4) is 0 Å².